The van der Waals surface area contributed by atoms with Gasteiger partial charge in [-0.15, -0.1) is 0 Å². The smallest absolute Gasteiger partial charge is 0.256 e. The molecule has 8 heteroatoms. The molecule has 2 aromatic rings. The van der Waals surface area contributed by atoms with Crippen LogP contribution in [-0.4, -0.2) is 47.9 Å². The van der Waals surface area contributed by atoms with Crippen molar-refractivity contribution in [3.8, 4) is 0 Å². The van der Waals surface area contributed by atoms with Gasteiger partial charge in [0.2, 0.25) is 5.91 Å². The maximum Gasteiger partial charge on any atom is 0.256 e. The summed E-state index contributed by atoms with van der Waals surface area (Å²) in [5, 5.41) is 2.96. The zero-order valence-electron chi connectivity index (χ0n) is 18.0. The first kappa shape index (κ1) is 22.2. The van der Waals surface area contributed by atoms with Gasteiger partial charge in [-0.2, -0.15) is 0 Å². The molecule has 6 nitrogen and oxygen atoms in total. The van der Waals surface area contributed by atoms with E-state index < -0.39 is 17.5 Å². The summed E-state index contributed by atoms with van der Waals surface area (Å²) in [5.41, 5.74) is 0.799. The van der Waals surface area contributed by atoms with Gasteiger partial charge < -0.3 is 15.1 Å². The Hall–Kier alpha value is -3.03. The van der Waals surface area contributed by atoms with Crippen LogP contribution in [0.1, 0.15) is 48.0 Å². The van der Waals surface area contributed by atoms with Crippen molar-refractivity contribution < 1.29 is 18.4 Å². The van der Waals surface area contributed by atoms with Crippen LogP contribution in [0.2, 0.25) is 0 Å². The number of anilines is 1. The normalized spacial score (nSPS) is 17.3. The molecule has 1 aromatic carbocycles. The second-order valence-corrected chi connectivity index (χ2v) is 8.48. The molecule has 4 rings (SSSR count). The van der Waals surface area contributed by atoms with Crippen molar-refractivity contribution in [2.45, 2.75) is 38.6 Å². The number of carbonyl (C=O) groups excluding carboxylic acids is 2. The number of hydrogen-bond acceptors (Lipinski definition) is 4. The highest BCUT2D eigenvalue weighted by Crippen LogP contribution is 2.21. The van der Waals surface area contributed by atoms with Gasteiger partial charge in [0.05, 0.1) is 5.56 Å². The number of benzene rings is 1. The van der Waals surface area contributed by atoms with E-state index in [1.54, 1.807) is 0 Å². The summed E-state index contributed by atoms with van der Waals surface area (Å²) in [6.45, 7) is 3.21. The highest BCUT2D eigenvalue weighted by Gasteiger charge is 2.28. The average Bonchev–Trinajstić information content (AvgIpc) is 2.83. The van der Waals surface area contributed by atoms with E-state index in [9.17, 15) is 18.4 Å². The molecule has 0 radical (unpaired) electrons. The number of carbonyl (C=O) groups is 2. The van der Waals surface area contributed by atoms with Crippen LogP contribution in [0.25, 0.3) is 0 Å². The largest absolute Gasteiger partial charge is 0.357 e. The third kappa shape index (κ3) is 5.23. The van der Waals surface area contributed by atoms with Gasteiger partial charge >= 0.3 is 0 Å². The summed E-state index contributed by atoms with van der Waals surface area (Å²) < 4.78 is 27.0. The molecule has 1 N–H and O–H groups in total. The van der Waals surface area contributed by atoms with E-state index in [2.05, 4.69) is 15.2 Å². The van der Waals surface area contributed by atoms with Crippen molar-refractivity contribution in [2.24, 2.45) is 5.92 Å². The van der Waals surface area contributed by atoms with Gasteiger partial charge in [-0.05, 0) is 55.9 Å². The van der Waals surface area contributed by atoms with Gasteiger partial charge in [0, 0.05) is 50.9 Å². The quantitative estimate of drug-likeness (QED) is 0.770. The zero-order valence-corrected chi connectivity index (χ0v) is 18.0. The van der Waals surface area contributed by atoms with Crippen molar-refractivity contribution in [1.29, 1.82) is 0 Å². The third-order valence-electron chi connectivity index (χ3n) is 6.27. The van der Waals surface area contributed by atoms with Crippen LogP contribution in [0.15, 0.2) is 36.5 Å². The van der Waals surface area contributed by atoms with Gasteiger partial charge in [-0.1, -0.05) is 6.07 Å². The van der Waals surface area contributed by atoms with Crippen molar-refractivity contribution in [3.05, 3.63) is 59.3 Å². The number of amides is 2. The molecule has 0 unspecified atom stereocenters. The van der Waals surface area contributed by atoms with Gasteiger partial charge in [-0.3, -0.25) is 9.59 Å². The number of nitrogens with one attached hydrogen (secondary N) is 1. The lowest BCUT2D eigenvalue weighted by atomic mass is 9.95. The lowest BCUT2D eigenvalue weighted by Crippen LogP contribution is -2.43. The minimum Gasteiger partial charge on any atom is -0.357 e. The van der Waals surface area contributed by atoms with Crippen LogP contribution in [0.3, 0.4) is 0 Å². The molecular weight excluding hydrogens is 414 g/mol. The maximum atomic E-state index is 13.9. The Bertz CT molecular complexity index is 953. The number of likely N-dealkylation sites (tertiary alicyclic amines) is 1. The Morgan fingerprint density at radius 1 is 1.00 bits per heavy atom. The lowest BCUT2D eigenvalue weighted by molar-refractivity contribution is -0.126. The molecule has 2 saturated heterocycles. The molecule has 2 aliphatic rings. The van der Waals surface area contributed by atoms with Gasteiger partial charge in [0.25, 0.3) is 5.91 Å². The van der Waals surface area contributed by atoms with Crippen molar-refractivity contribution in [2.75, 3.05) is 31.1 Å². The Morgan fingerprint density at radius 3 is 2.41 bits per heavy atom. The van der Waals surface area contributed by atoms with Gasteiger partial charge in [0.15, 0.2) is 0 Å². The molecule has 3 heterocycles. The summed E-state index contributed by atoms with van der Waals surface area (Å²) >= 11 is 0. The SMILES string of the molecule is O=C(NCc1ccc(N2CCCCC2)nc1)C1CCN(C(=O)c2ccc(F)cc2F)CC1. The molecule has 170 valence electrons. The molecule has 2 aliphatic heterocycles. The predicted molar refractivity (Wildman–Crippen MR) is 117 cm³/mol. The van der Waals surface area contributed by atoms with Crippen LogP contribution >= 0.6 is 0 Å². The molecule has 1 aromatic heterocycles. The molecule has 0 atom stereocenters. The number of aromatic nitrogens is 1. The lowest BCUT2D eigenvalue weighted by Gasteiger charge is -2.31. The first-order chi connectivity index (χ1) is 15.5. The predicted octanol–water partition coefficient (Wildman–Crippen LogP) is 3.52. The molecule has 0 spiro atoms. The number of hydrogen-bond donors (Lipinski definition) is 1. The Labute approximate surface area is 186 Å². The molecule has 0 saturated carbocycles. The second kappa shape index (κ2) is 10.1. The van der Waals surface area contributed by atoms with E-state index in [0.717, 1.165) is 36.6 Å². The van der Waals surface area contributed by atoms with Crippen molar-refractivity contribution in [3.63, 3.8) is 0 Å². The second-order valence-electron chi connectivity index (χ2n) is 8.48. The third-order valence-corrected chi connectivity index (χ3v) is 6.27. The zero-order chi connectivity index (χ0) is 22.5. The first-order valence-electron chi connectivity index (χ1n) is 11.2. The number of pyridine rings is 1. The summed E-state index contributed by atoms with van der Waals surface area (Å²) in [7, 11) is 0. The van der Waals surface area contributed by atoms with Crippen LogP contribution in [0.4, 0.5) is 14.6 Å². The van der Waals surface area contributed by atoms with Crippen molar-refractivity contribution in [1.82, 2.24) is 15.2 Å². The van der Waals surface area contributed by atoms with Crippen LogP contribution in [0, 0.1) is 17.6 Å². The Kier molecular flexibility index (Phi) is 6.97. The number of halogens is 2. The monoisotopic (exact) mass is 442 g/mol. The maximum absolute atomic E-state index is 13.9. The highest BCUT2D eigenvalue weighted by molar-refractivity contribution is 5.94. The summed E-state index contributed by atoms with van der Waals surface area (Å²) in [5.74, 6) is -1.32. The molecule has 0 bridgehead atoms. The summed E-state index contributed by atoms with van der Waals surface area (Å²) in [6, 6.07) is 6.95. The standard InChI is InChI=1S/C24H28F2N4O2/c25-19-5-6-20(21(26)14-19)24(32)30-12-8-18(9-13-30)23(31)28-16-17-4-7-22(27-15-17)29-10-2-1-3-11-29/h4-7,14-15,18H,1-3,8-13,16H2,(H,28,31). The fourth-order valence-electron chi connectivity index (χ4n) is 4.34. The Morgan fingerprint density at radius 2 is 1.75 bits per heavy atom. The molecule has 0 aliphatic carbocycles. The highest BCUT2D eigenvalue weighted by atomic mass is 19.1. The molecule has 2 fully saturated rings. The minimum absolute atomic E-state index is 0.0508. The topological polar surface area (TPSA) is 65.5 Å². The average molecular weight is 443 g/mol. The summed E-state index contributed by atoms with van der Waals surface area (Å²) in [6.07, 6.45) is 6.49. The van der Waals surface area contributed by atoms with Crippen LogP contribution in [0.5, 0.6) is 0 Å². The molecule has 32 heavy (non-hydrogen) atoms. The van der Waals surface area contributed by atoms with E-state index in [4.69, 9.17) is 0 Å². The van der Waals surface area contributed by atoms with Gasteiger partial charge in [-0.25, -0.2) is 13.8 Å². The fourth-order valence-corrected chi connectivity index (χ4v) is 4.34. The number of nitrogens with zero attached hydrogens (tertiary/aromatic N) is 3. The van der Waals surface area contributed by atoms with Crippen LogP contribution < -0.4 is 10.2 Å². The number of rotatable bonds is 5. The minimum atomic E-state index is -0.866. The van der Waals surface area contributed by atoms with E-state index >= 15 is 0 Å². The van der Waals surface area contributed by atoms with E-state index in [0.29, 0.717) is 38.5 Å². The van der Waals surface area contributed by atoms with E-state index in [1.165, 1.54) is 24.2 Å². The molecular formula is C24H28F2N4O2. The fraction of sp³-hybridized carbons (Fsp3) is 0.458. The van der Waals surface area contributed by atoms with Crippen LogP contribution in [-0.2, 0) is 11.3 Å². The van der Waals surface area contributed by atoms with Crippen molar-refractivity contribution >= 4 is 17.6 Å². The first-order valence-corrected chi connectivity index (χ1v) is 11.2. The summed E-state index contributed by atoms with van der Waals surface area (Å²) in [4.78, 5) is 33.4. The van der Waals surface area contributed by atoms with E-state index in [1.807, 2.05) is 18.3 Å². The van der Waals surface area contributed by atoms with Gasteiger partial charge in [0.1, 0.15) is 17.5 Å². The molecule has 2 amide bonds. The van der Waals surface area contributed by atoms with E-state index in [-0.39, 0.29) is 17.4 Å². The number of piperidine rings is 2. The Balaban J connectivity index is 1.24.